The molecule has 1 heterocycles. The van der Waals surface area contributed by atoms with Gasteiger partial charge in [-0.25, -0.2) is 0 Å². The fraction of sp³-hybridized carbons (Fsp3) is 0.533. The Labute approximate surface area is 143 Å². The van der Waals surface area contributed by atoms with Gasteiger partial charge in [0, 0.05) is 31.6 Å². The highest BCUT2D eigenvalue weighted by Crippen LogP contribution is 2.46. The largest absolute Gasteiger partial charge is 0.460 e. The summed E-state index contributed by atoms with van der Waals surface area (Å²) < 4.78 is 93.7. The lowest BCUT2D eigenvalue weighted by atomic mass is 10.1. The van der Waals surface area contributed by atoms with E-state index in [-0.39, 0.29) is 11.8 Å². The van der Waals surface area contributed by atoms with Crippen LogP contribution in [0.5, 0.6) is 0 Å². The summed E-state index contributed by atoms with van der Waals surface area (Å²) in [5.74, 6) is -15.2. The number of halogens is 7. The number of anilines is 2. The van der Waals surface area contributed by atoms with E-state index < -0.39 is 23.9 Å². The standard InChI is InChI=1S/C15H15F7N2O2/c1-26-11-6-7-24(8-11)10-4-2-9(3-5-10)23-12(25)13(16,17)14(18,19)15(20,21)22/h2-5,11H,6-8H2,1H3,(H,23,25). The van der Waals surface area contributed by atoms with E-state index in [9.17, 15) is 35.5 Å². The first kappa shape index (κ1) is 20.3. The van der Waals surface area contributed by atoms with Gasteiger partial charge in [0.2, 0.25) is 0 Å². The molecule has 0 spiro atoms. The summed E-state index contributed by atoms with van der Waals surface area (Å²) in [5, 5.41) is 1.39. The molecule has 1 saturated heterocycles. The number of nitrogens with zero attached hydrogens (tertiary/aromatic N) is 1. The second-order valence-electron chi connectivity index (χ2n) is 5.74. The Morgan fingerprint density at radius 2 is 1.69 bits per heavy atom. The fourth-order valence-corrected chi connectivity index (χ4v) is 2.44. The lowest BCUT2D eigenvalue weighted by Crippen LogP contribution is -2.57. The zero-order chi connectivity index (χ0) is 19.8. The van der Waals surface area contributed by atoms with E-state index in [0.717, 1.165) is 18.6 Å². The average Bonchev–Trinajstić information content (AvgIpc) is 3.03. The molecule has 1 aromatic carbocycles. The van der Waals surface area contributed by atoms with Crippen molar-refractivity contribution in [3.8, 4) is 0 Å². The molecule has 1 unspecified atom stereocenters. The maximum atomic E-state index is 13.3. The average molecular weight is 388 g/mol. The van der Waals surface area contributed by atoms with Crippen molar-refractivity contribution in [3.63, 3.8) is 0 Å². The Bertz CT molecular complexity index is 646. The van der Waals surface area contributed by atoms with Crippen LogP contribution in [0.15, 0.2) is 24.3 Å². The van der Waals surface area contributed by atoms with E-state index in [0.29, 0.717) is 18.8 Å². The molecule has 1 aliphatic rings. The van der Waals surface area contributed by atoms with Gasteiger partial charge in [-0.15, -0.1) is 0 Å². The van der Waals surface area contributed by atoms with Gasteiger partial charge in [0.05, 0.1) is 6.10 Å². The molecule has 1 N–H and O–H groups in total. The number of nitrogens with one attached hydrogen (secondary N) is 1. The van der Waals surface area contributed by atoms with Crippen molar-refractivity contribution in [2.45, 2.75) is 30.5 Å². The van der Waals surface area contributed by atoms with Crippen LogP contribution in [0.2, 0.25) is 0 Å². The molecule has 26 heavy (non-hydrogen) atoms. The third kappa shape index (κ3) is 3.71. The number of hydrogen-bond acceptors (Lipinski definition) is 3. The van der Waals surface area contributed by atoms with Gasteiger partial charge in [0.1, 0.15) is 0 Å². The number of ether oxygens (including phenoxy) is 1. The first-order valence-corrected chi connectivity index (χ1v) is 7.41. The van der Waals surface area contributed by atoms with Crippen LogP contribution in [0.3, 0.4) is 0 Å². The topological polar surface area (TPSA) is 41.6 Å². The number of carbonyl (C=O) groups is 1. The Balaban J connectivity index is 2.08. The molecule has 1 amide bonds. The molecule has 0 radical (unpaired) electrons. The van der Waals surface area contributed by atoms with Crippen LogP contribution in [0.1, 0.15) is 6.42 Å². The molecule has 2 rings (SSSR count). The number of benzene rings is 1. The number of amides is 1. The molecule has 0 aliphatic carbocycles. The lowest BCUT2D eigenvalue weighted by molar-refractivity contribution is -0.343. The minimum Gasteiger partial charge on any atom is -0.380 e. The molecule has 146 valence electrons. The van der Waals surface area contributed by atoms with Gasteiger partial charge in [-0.2, -0.15) is 30.7 Å². The summed E-state index contributed by atoms with van der Waals surface area (Å²) in [6.07, 6.45) is -5.77. The van der Waals surface area contributed by atoms with E-state index in [1.54, 1.807) is 7.11 Å². The van der Waals surface area contributed by atoms with Crippen LogP contribution < -0.4 is 10.2 Å². The van der Waals surface area contributed by atoms with Crippen LogP contribution in [0.25, 0.3) is 0 Å². The van der Waals surface area contributed by atoms with Crippen LogP contribution >= 0.6 is 0 Å². The summed E-state index contributed by atoms with van der Waals surface area (Å²) in [6.45, 7) is 1.25. The highest BCUT2D eigenvalue weighted by atomic mass is 19.4. The zero-order valence-corrected chi connectivity index (χ0v) is 13.4. The maximum Gasteiger partial charge on any atom is 0.460 e. The molecule has 0 aromatic heterocycles. The third-order valence-corrected chi connectivity index (χ3v) is 4.00. The predicted molar refractivity (Wildman–Crippen MR) is 78.6 cm³/mol. The van der Waals surface area contributed by atoms with Crippen molar-refractivity contribution in [2.75, 3.05) is 30.4 Å². The normalized spacial score (nSPS) is 18.9. The van der Waals surface area contributed by atoms with Crippen molar-refractivity contribution in [1.82, 2.24) is 0 Å². The van der Waals surface area contributed by atoms with Crippen LogP contribution in [-0.2, 0) is 9.53 Å². The summed E-state index contributed by atoms with van der Waals surface area (Å²) in [4.78, 5) is 13.2. The molecule has 11 heteroatoms. The van der Waals surface area contributed by atoms with Gasteiger partial charge in [-0.1, -0.05) is 0 Å². The summed E-state index contributed by atoms with van der Waals surface area (Å²) in [7, 11) is 1.56. The molecule has 1 atom stereocenters. The fourth-order valence-electron chi connectivity index (χ4n) is 2.44. The van der Waals surface area contributed by atoms with Crippen LogP contribution in [0.4, 0.5) is 42.1 Å². The van der Waals surface area contributed by atoms with Crippen molar-refractivity contribution < 1.29 is 40.3 Å². The molecule has 1 aliphatic heterocycles. The maximum absolute atomic E-state index is 13.3. The van der Waals surface area contributed by atoms with Crippen molar-refractivity contribution in [2.24, 2.45) is 0 Å². The predicted octanol–water partition coefficient (Wildman–Crippen LogP) is 3.68. The molecule has 1 fully saturated rings. The molecule has 0 bridgehead atoms. The van der Waals surface area contributed by atoms with E-state index >= 15 is 0 Å². The minimum absolute atomic E-state index is 0.0256. The minimum atomic E-state index is -6.56. The van der Waals surface area contributed by atoms with Gasteiger partial charge in [0.25, 0.3) is 0 Å². The highest BCUT2D eigenvalue weighted by Gasteiger charge is 2.76. The number of hydrogen-bond donors (Lipinski definition) is 1. The monoisotopic (exact) mass is 388 g/mol. The second kappa shape index (κ2) is 6.93. The van der Waals surface area contributed by atoms with E-state index in [4.69, 9.17) is 4.74 Å². The van der Waals surface area contributed by atoms with Gasteiger partial charge < -0.3 is 15.0 Å². The Hall–Kier alpha value is -2.04. The SMILES string of the molecule is COC1CCN(c2ccc(NC(=O)C(F)(F)C(F)(F)C(F)(F)F)cc2)C1. The van der Waals surface area contributed by atoms with E-state index in [2.05, 4.69) is 0 Å². The van der Waals surface area contributed by atoms with Gasteiger partial charge in [-0.05, 0) is 30.7 Å². The van der Waals surface area contributed by atoms with Crippen molar-refractivity contribution in [3.05, 3.63) is 24.3 Å². The Kier molecular flexibility index (Phi) is 5.41. The Morgan fingerprint density at radius 3 is 2.15 bits per heavy atom. The van der Waals surface area contributed by atoms with Crippen molar-refractivity contribution >= 4 is 17.3 Å². The number of methoxy groups -OCH3 is 1. The lowest BCUT2D eigenvalue weighted by Gasteiger charge is -2.27. The molecular weight excluding hydrogens is 373 g/mol. The number of alkyl halides is 7. The zero-order valence-electron chi connectivity index (χ0n) is 13.4. The quantitative estimate of drug-likeness (QED) is 0.783. The molecule has 4 nitrogen and oxygen atoms in total. The smallest absolute Gasteiger partial charge is 0.380 e. The van der Waals surface area contributed by atoms with E-state index in [1.165, 1.54) is 17.4 Å². The number of rotatable bonds is 5. The molecule has 1 aromatic rings. The van der Waals surface area contributed by atoms with Crippen molar-refractivity contribution in [1.29, 1.82) is 0 Å². The summed E-state index contributed by atoms with van der Waals surface area (Å²) in [5.41, 5.74) is 0.328. The Morgan fingerprint density at radius 1 is 1.12 bits per heavy atom. The van der Waals surface area contributed by atoms with E-state index in [1.807, 2.05) is 4.90 Å². The third-order valence-electron chi connectivity index (χ3n) is 4.00. The molecule has 0 saturated carbocycles. The molecular formula is C15H15F7N2O2. The summed E-state index contributed by atoms with van der Waals surface area (Å²) >= 11 is 0. The first-order chi connectivity index (χ1) is 11.9. The first-order valence-electron chi connectivity index (χ1n) is 7.41. The number of carbonyl (C=O) groups excluding carboxylic acids is 1. The van der Waals surface area contributed by atoms with Crippen LogP contribution in [-0.4, -0.2) is 50.2 Å². The van der Waals surface area contributed by atoms with Crippen LogP contribution in [0, 0.1) is 0 Å². The van der Waals surface area contributed by atoms with Gasteiger partial charge in [0.15, 0.2) is 0 Å². The summed E-state index contributed by atoms with van der Waals surface area (Å²) in [6, 6.07) is 5.12. The second-order valence-corrected chi connectivity index (χ2v) is 5.74. The van der Waals surface area contributed by atoms with Gasteiger partial charge >= 0.3 is 23.9 Å². The highest BCUT2D eigenvalue weighted by molar-refractivity contribution is 5.97. The van der Waals surface area contributed by atoms with Gasteiger partial charge in [-0.3, -0.25) is 4.79 Å².